The lowest BCUT2D eigenvalue weighted by Crippen LogP contribution is -2.61. The minimum atomic E-state index is -0.341. The van der Waals surface area contributed by atoms with Crippen molar-refractivity contribution in [1.29, 1.82) is 0 Å². The van der Waals surface area contributed by atoms with Gasteiger partial charge in [0.1, 0.15) is 11.2 Å². The molecule has 4 aliphatic carbocycles. The van der Waals surface area contributed by atoms with Gasteiger partial charge in [-0.3, -0.25) is 0 Å². The van der Waals surface area contributed by atoms with Crippen LogP contribution < -0.4 is 52.4 Å². The van der Waals surface area contributed by atoms with E-state index in [0.717, 1.165) is 106 Å². The van der Waals surface area contributed by atoms with Crippen LogP contribution in [0.15, 0.2) is 302 Å². The molecule has 3 aromatic heterocycles. The highest BCUT2D eigenvalue weighted by molar-refractivity contribution is 7.01. The first-order chi connectivity index (χ1) is 68.8. The fourth-order valence-corrected chi connectivity index (χ4v) is 28.0. The maximum Gasteiger partial charge on any atom is 0.252 e. The molecule has 0 radical (unpaired) electrons. The van der Waals surface area contributed by atoms with Gasteiger partial charge in [0.05, 0.1) is 22.4 Å². The van der Waals surface area contributed by atoms with Gasteiger partial charge in [-0.25, -0.2) is 0 Å². The van der Waals surface area contributed by atoms with E-state index in [1.807, 2.05) is 0 Å². The third-order valence-corrected chi connectivity index (χ3v) is 36.8. The van der Waals surface area contributed by atoms with Crippen LogP contribution in [0.5, 0.6) is 0 Å². The number of benzene rings is 15. The van der Waals surface area contributed by atoms with Gasteiger partial charge in [0.15, 0.2) is 0 Å². The Hall–Kier alpha value is -13.5. The molecule has 26 rings (SSSR count). The Kier molecular flexibility index (Phi) is 19.3. The van der Waals surface area contributed by atoms with Crippen molar-refractivity contribution in [3.05, 3.63) is 370 Å². The smallest absolute Gasteiger partial charge is 0.252 e. The van der Waals surface area contributed by atoms with Crippen LogP contribution in [0, 0.1) is 0 Å². The summed E-state index contributed by atoms with van der Waals surface area (Å²) in [6, 6.07) is 118. The molecule has 18 aromatic rings. The van der Waals surface area contributed by atoms with E-state index < -0.39 is 0 Å². The number of para-hydroxylation sites is 3. The fourth-order valence-electron chi connectivity index (χ4n) is 28.0. The number of aromatic nitrogens is 2. The Balaban J connectivity index is 0.636. The van der Waals surface area contributed by atoms with Crippen LogP contribution >= 0.6 is 0 Å². The summed E-state index contributed by atoms with van der Waals surface area (Å²) in [5.74, 6) is 0. The molecule has 9 heteroatoms. The molecule has 0 saturated carbocycles. The predicted octanol–water partition coefficient (Wildman–Crippen LogP) is 32.9. The van der Waals surface area contributed by atoms with Crippen LogP contribution in [0.25, 0.3) is 77.4 Å². The van der Waals surface area contributed by atoms with Gasteiger partial charge >= 0.3 is 0 Å². The first kappa shape index (κ1) is 91.4. The molecule has 0 saturated heterocycles. The average molecular weight is 1890 g/mol. The maximum atomic E-state index is 7.01. The second-order valence-corrected chi connectivity index (χ2v) is 52.4. The zero-order chi connectivity index (χ0) is 101. The first-order valence-electron chi connectivity index (χ1n) is 53.7. The highest BCUT2D eigenvalue weighted by Gasteiger charge is 2.54. The van der Waals surface area contributed by atoms with Gasteiger partial charge in [-0.1, -0.05) is 355 Å². The average Bonchev–Trinajstić information content (AvgIpc) is 1.52. The number of furan rings is 1. The predicted molar refractivity (Wildman–Crippen MR) is 619 cm³/mol. The summed E-state index contributed by atoms with van der Waals surface area (Å²) in [5.41, 5.74) is 50.6. The highest BCUT2D eigenvalue weighted by Crippen LogP contribution is 2.61. The van der Waals surface area contributed by atoms with E-state index in [4.69, 9.17) is 4.42 Å². The van der Waals surface area contributed by atoms with Gasteiger partial charge in [0.2, 0.25) is 0 Å². The van der Waals surface area contributed by atoms with E-state index in [2.05, 4.69) is 499 Å². The number of anilines is 12. The van der Waals surface area contributed by atoms with Crippen molar-refractivity contribution in [1.82, 2.24) is 9.13 Å². The summed E-state index contributed by atoms with van der Waals surface area (Å²) >= 11 is 0. The molecule has 0 spiro atoms. The number of hydrogen-bond donors (Lipinski definition) is 0. The van der Waals surface area contributed by atoms with Crippen LogP contribution in [0.4, 0.5) is 68.2 Å². The van der Waals surface area contributed by atoms with Crippen LogP contribution in [-0.4, -0.2) is 22.6 Å². The Morgan fingerprint density at radius 3 is 1.16 bits per heavy atom. The molecule has 4 aliphatic heterocycles. The van der Waals surface area contributed by atoms with Gasteiger partial charge in [-0.15, -0.1) is 0 Å². The lowest BCUT2D eigenvalue weighted by atomic mass is 9.33. The molecule has 0 unspecified atom stereocenters. The van der Waals surface area contributed by atoms with Crippen molar-refractivity contribution < 1.29 is 4.42 Å². The van der Waals surface area contributed by atoms with Gasteiger partial charge in [0.25, 0.3) is 13.4 Å². The summed E-state index contributed by atoms with van der Waals surface area (Å²) in [4.78, 5) is 10.6. The second kappa shape index (κ2) is 30.6. The zero-order valence-electron chi connectivity index (χ0n) is 89.8. The molecule has 0 amide bonds. The third kappa shape index (κ3) is 13.3. The lowest BCUT2D eigenvalue weighted by Gasteiger charge is -2.47. The van der Waals surface area contributed by atoms with Crippen LogP contribution in [0.1, 0.15) is 284 Å². The summed E-state index contributed by atoms with van der Waals surface area (Å²) < 4.78 is 12.5. The third-order valence-electron chi connectivity index (χ3n) is 36.8. The molecular formula is C136H136B2N6O. The summed E-state index contributed by atoms with van der Waals surface area (Å²) in [6.45, 7) is 60.8. The summed E-state index contributed by atoms with van der Waals surface area (Å²) in [6.07, 6.45) is 6.41. The lowest BCUT2D eigenvalue weighted by molar-refractivity contribution is 0.332. The van der Waals surface area contributed by atoms with E-state index in [-0.39, 0.29) is 73.0 Å². The van der Waals surface area contributed by atoms with E-state index >= 15 is 0 Å². The van der Waals surface area contributed by atoms with E-state index in [0.29, 0.717) is 0 Å². The molecule has 145 heavy (non-hydrogen) atoms. The molecule has 8 aliphatic rings. The van der Waals surface area contributed by atoms with Gasteiger partial charge in [-0.2, -0.15) is 0 Å². The minimum absolute atomic E-state index is 0.0195. The maximum absolute atomic E-state index is 7.01. The second-order valence-electron chi connectivity index (χ2n) is 52.4. The van der Waals surface area contributed by atoms with Crippen molar-refractivity contribution in [2.75, 3.05) is 19.6 Å². The fraction of sp³-hybridized carbons (Fsp3) is 0.309. The largest absolute Gasteiger partial charge is 0.456 e. The highest BCUT2D eigenvalue weighted by atomic mass is 16.3. The molecule has 0 fully saturated rings. The summed E-state index contributed by atoms with van der Waals surface area (Å²) in [7, 11) is 0. The van der Waals surface area contributed by atoms with Crippen molar-refractivity contribution in [2.45, 2.75) is 271 Å². The molecule has 0 bridgehead atoms. The molecule has 0 N–H and O–H groups in total. The van der Waals surface area contributed by atoms with Crippen molar-refractivity contribution in [3.8, 4) is 33.6 Å². The Labute approximate surface area is 859 Å². The topological polar surface area (TPSA) is 36.0 Å². The normalized spacial score (nSPS) is 16.8. The molecule has 0 atom stereocenters. The minimum Gasteiger partial charge on any atom is -0.456 e. The van der Waals surface area contributed by atoms with Crippen LogP contribution in [-0.2, 0) is 59.6 Å². The van der Waals surface area contributed by atoms with Crippen molar-refractivity contribution in [3.63, 3.8) is 0 Å². The monoisotopic (exact) mass is 1890 g/mol. The van der Waals surface area contributed by atoms with E-state index in [1.165, 1.54) is 184 Å². The number of nitrogens with zero attached hydrogens (tertiary/aromatic N) is 6. The molecule has 7 heterocycles. The zero-order valence-corrected chi connectivity index (χ0v) is 89.8. The molecular weight excluding hydrogens is 1760 g/mol. The summed E-state index contributed by atoms with van der Waals surface area (Å²) in [5, 5.41) is 4.83. The van der Waals surface area contributed by atoms with Crippen molar-refractivity contribution >= 4 is 158 Å². The molecule has 7 nitrogen and oxygen atoms in total. The molecule has 722 valence electrons. The number of fused-ring (bicyclic) bond motifs is 23. The molecule has 15 aromatic carbocycles. The van der Waals surface area contributed by atoms with Gasteiger partial charge < -0.3 is 33.2 Å². The Morgan fingerprint density at radius 1 is 0.283 bits per heavy atom. The standard InChI is InChI=1S/C136H136B2N6O/c1-126(2,3)81-47-56-86(57-48-81)139(87-58-49-82(50-59-87)127(4,5)6)92-76-112-121-114(78-92)144-122-96(117-93-35-26-29-40-98(93)136(24,25)125(117)144)38-32-42-105(122)137(121)104-66-55-85(73-109(104)142(112)108-44-34-46-116-119(108)95-37-28-31-45-115(95)145-116)130(12,13)68-67-129(10,11)84-53-62-89(63-54-84)140(88-60-51-83(52-61-88)128(7,8)9)91-75-111-120-113(77-91)143-123-97(118-94-36-27-30-41-99(94)135(22,23)124(118)143)39-33-43-106(123)138(120)107-79-102-103(134(20,21)72-71-133(102,18)19)80-110(107)141(111)90-64-65-100-101(74-90)132(16,17)70-69-131(100,14)15/h26-66,73-80H,67-72H2,1-25H3. The van der Waals surface area contributed by atoms with Crippen LogP contribution in [0.3, 0.4) is 0 Å². The van der Waals surface area contributed by atoms with E-state index in [9.17, 15) is 0 Å². The van der Waals surface area contributed by atoms with Crippen LogP contribution in [0.2, 0.25) is 0 Å². The number of rotatable bonds is 13. The van der Waals surface area contributed by atoms with E-state index in [1.54, 1.807) is 0 Å². The SMILES string of the molecule is CC(C)(C)c1ccc(N(c2ccc(C(C)(C)CCC(C)(C)c3ccc4c(c3)N(c3cccc5oc6ccccc6c35)c3cc(N(c5ccc(C(C)(C)C)cc5)c5ccc(C(C)(C)C)cc5)cc5c3B4c3cccc4c6c(n-5c34)C(C)(C)c3ccccc3-6)cc2)c2cc3c4c(c2)-n2c5c(c6cccc(c62)B4c2cc4c(cc2N3c2ccc3c(c2)C(C)(C)CCC3(C)C)C(C)(C)CCC4(C)C)-c2ccccc2C5(C)C)cc1. The van der Waals surface area contributed by atoms with Crippen molar-refractivity contribution in [2.24, 2.45) is 0 Å². The Bertz CT molecular complexity index is 8510. The van der Waals surface area contributed by atoms with Gasteiger partial charge in [0, 0.05) is 123 Å². The number of hydrogen-bond acceptors (Lipinski definition) is 5. The Morgan fingerprint density at radius 2 is 0.669 bits per heavy atom. The first-order valence-corrected chi connectivity index (χ1v) is 53.7. The quantitative estimate of drug-likeness (QED) is 0.108. The van der Waals surface area contributed by atoms with Gasteiger partial charge in [-0.05, 0) is 308 Å².